The quantitative estimate of drug-likeness (QED) is 0.150. The third kappa shape index (κ3) is 8.56. The molecule has 0 saturated carbocycles. The number of ether oxygens (including phenoxy) is 8. The second kappa shape index (κ2) is 17.1. The van der Waals surface area contributed by atoms with Crippen LogP contribution in [0.25, 0.3) is 0 Å². The van der Waals surface area contributed by atoms with Gasteiger partial charge in [0.05, 0.1) is 63.3 Å². The van der Waals surface area contributed by atoms with Crippen molar-refractivity contribution in [1.29, 1.82) is 0 Å². The van der Waals surface area contributed by atoms with Crippen LogP contribution < -0.4 is 43.2 Å². The van der Waals surface area contributed by atoms with Crippen molar-refractivity contribution in [2.24, 2.45) is 0 Å². The SMILES string of the molecule is COc1ccc(CCNC(=O)Cc2cc(OC)c(OC)cc2Cc2cc(OC)c(OC)cc2Cc2ccc(OC)c(OC)c2)cc1OC. The molecule has 4 aromatic carbocycles. The predicted octanol–water partition coefficient (Wildman–Crippen LogP) is 5.84. The van der Waals surface area contributed by atoms with E-state index in [2.05, 4.69) is 5.32 Å². The number of hydrogen-bond acceptors (Lipinski definition) is 9. The summed E-state index contributed by atoms with van der Waals surface area (Å²) in [5.74, 6) is 4.87. The molecular weight excluding hydrogens is 614 g/mol. The lowest BCUT2D eigenvalue weighted by atomic mass is 9.91. The zero-order valence-electron chi connectivity index (χ0n) is 29.0. The molecule has 0 aliphatic heterocycles. The normalized spacial score (nSPS) is 10.6. The lowest BCUT2D eigenvalue weighted by Gasteiger charge is -2.19. The first kappa shape index (κ1) is 35.6. The highest BCUT2D eigenvalue weighted by atomic mass is 16.5. The number of carbonyl (C=O) groups is 1. The second-order valence-corrected chi connectivity index (χ2v) is 11.0. The van der Waals surface area contributed by atoms with Crippen molar-refractivity contribution in [3.8, 4) is 46.0 Å². The van der Waals surface area contributed by atoms with Crippen molar-refractivity contribution in [2.45, 2.75) is 25.7 Å². The molecule has 0 aromatic heterocycles. The molecular formula is C38H45NO9. The van der Waals surface area contributed by atoms with Crippen molar-refractivity contribution in [2.75, 3.05) is 63.4 Å². The van der Waals surface area contributed by atoms with Gasteiger partial charge >= 0.3 is 0 Å². The maximum atomic E-state index is 13.3. The number of rotatable bonds is 17. The first-order valence-corrected chi connectivity index (χ1v) is 15.5. The summed E-state index contributed by atoms with van der Waals surface area (Å²) in [6.45, 7) is 0.460. The van der Waals surface area contributed by atoms with Crippen LogP contribution in [-0.4, -0.2) is 69.3 Å². The van der Waals surface area contributed by atoms with E-state index in [9.17, 15) is 4.79 Å². The molecule has 10 nitrogen and oxygen atoms in total. The zero-order chi connectivity index (χ0) is 34.6. The molecule has 0 aliphatic rings. The van der Waals surface area contributed by atoms with Crippen LogP contribution >= 0.6 is 0 Å². The van der Waals surface area contributed by atoms with Gasteiger partial charge in [-0.25, -0.2) is 0 Å². The van der Waals surface area contributed by atoms with Gasteiger partial charge in [-0.3, -0.25) is 4.79 Å². The average molecular weight is 660 g/mol. The minimum atomic E-state index is -0.109. The lowest BCUT2D eigenvalue weighted by Crippen LogP contribution is -2.27. The maximum Gasteiger partial charge on any atom is 0.224 e. The van der Waals surface area contributed by atoms with E-state index in [1.54, 1.807) is 56.9 Å². The molecule has 256 valence electrons. The Morgan fingerprint density at radius 1 is 0.458 bits per heavy atom. The first-order valence-electron chi connectivity index (χ1n) is 15.5. The molecule has 0 heterocycles. The van der Waals surface area contributed by atoms with E-state index >= 15 is 0 Å². The van der Waals surface area contributed by atoms with Gasteiger partial charge in [-0.15, -0.1) is 0 Å². The van der Waals surface area contributed by atoms with E-state index in [1.807, 2.05) is 60.7 Å². The van der Waals surface area contributed by atoms with Crippen molar-refractivity contribution in [3.63, 3.8) is 0 Å². The van der Waals surface area contributed by atoms with Crippen LogP contribution in [0.1, 0.15) is 33.4 Å². The van der Waals surface area contributed by atoms with Crippen molar-refractivity contribution in [1.82, 2.24) is 5.32 Å². The molecule has 0 fully saturated rings. The number of nitrogens with one attached hydrogen (secondary N) is 1. The minimum absolute atomic E-state index is 0.109. The van der Waals surface area contributed by atoms with E-state index < -0.39 is 0 Å². The van der Waals surface area contributed by atoms with Crippen molar-refractivity contribution in [3.05, 3.63) is 94.0 Å². The molecule has 0 aliphatic carbocycles. The predicted molar refractivity (Wildman–Crippen MR) is 184 cm³/mol. The summed E-state index contributed by atoms with van der Waals surface area (Å²) < 4.78 is 44.4. The van der Waals surface area contributed by atoms with Crippen molar-refractivity contribution >= 4 is 5.91 Å². The summed E-state index contributed by atoms with van der Waals surface area (Å²) in [5.41, 5.74) is 5.83. The number of hydrogen-bond donors (Lipinski definition) is 1. The Morgan fingerprint density at radius 2 is 0.833 bits per heavy atom. The van der Waals surface area contributed by atoms with Gasteiger partial charge in [0.15, 0.2) is 46.0 Å². The number of carbonyl (C=O) groups excluding carboxylic acids is 1. The Morgan fingerprint density at radius 3 is 1.31 bits per heavy atom. The molecule has 0 bridgehead atoms. The smallest absolute Gasteiger partial charge is 0.224 e. The first-order chi connectivity index (χ1) is 23.3. The molecule has 0 spiro atoms. The molecule has 1 amide bonds. The van der Waals surface area contributed by atoms with Crippen LogP contribution in [0.4, 0.5) is 0 Å². The molecule has 0 atom stereocenters. The fourth-order valence-corrected chi connectivity index (χ4v) is 5.62. The fraction of sp³-hybridized carbons (Fsp3) is 0.342. The molecule has 0 saturated heterocycles. The van der Waals surface area contributed by atoms with Crippen LogP contribution in [0.2, 0.25) is 0 Å². The minimum Gasteiger partial charge on any atom is -0.493 e. The Hall–Kier alpha value is -5.25. The van der Waals surface area contributed by atoms with Gasteiger partial charge in [0.2, 0.25) is 5.91 Å². The summed E-state index contributed by atoms with van der Waals surface area (Å²) in [6.07, 6.45) is 1.88. The molecule has 0 unspecified atom stereocenters. The lowest BCUT2D eigenvalue weighted by molar-refractivity contribution is -0.120. The molecule has 10 heteroatoms. The largest absolute Gasteiger partial charge is 0.493 e. The van der Waals surface area contributed by atoms with E-state index in [0.717, 1.165) is 33.4 Å². The monoisotopic (exact) mass is 659 g/mol. The van der Waals surface area contributed by atoms with Crippen molar-refractivity contribution < 1.29 is 42.7 Å². The summed E-state index contributed by atoms with van der Waals surface area (Å²) in [4.78, 5) is 13.3. The molecule has 0 radical (unpaired) electrons. The molecule has 1 N–H and O–H groups in total. The summed E-state index contributed by atoms with van der Waals surface area (Å²) in [7, 11) is 12.9. The van der Waals surface area contributed by atoms with Gasteiger partial charge in [-0.2, -0.15) is 0 Å². The number of benzene rings is 4. The highest BCUT2D eigenvalue weighted by Gasteiger charge is 2.19. The van der Waals surface area contributed by atoms with E-state index in [4.69, 9.17) is 37.9 Å². The fourth-order valence-electron chi connectivity index (χ4n) is 5.62. The standard InChI is InChI=1S/C38H45NO9/c1-41-30-11-9-24(16-32(30)43-3)13-14-39-38(40)23-29-22-37(48-8)36(47-7)21-28(29)18-27-20-35(46-6)34(45-5)19-26(27)15-25-10-12-31(42-2)33(17-25)44-4/h9-12,16-17,19-22H,13-15,18,23H2,1-8H3,(H,39,40). The van der Waals surface area contributed by atoms with Crippen LogP contribution in [0, 0.1) is 0 Å². The maximum absolute atomic E-state index is 13.3. The van der Waals surface area contributed by atoms with E-state index in [1.165, 1.54) is 0 Å². The van der Waals surface area contributed by atoms with Gasteiger partial charge in [-0.1, -0.05) is 12.1 Å². The second-order valence-electron chi connectivity index (χ2n) is 11.0. The zero-order valence-corrected chi connectivity index (χ0v) is 29.0. The van der Waals surface area contributed by atoms with Crippen LogP contribution in [-0.2, 0) is 30.5 Å². The van der Waals surface area contributed by atoms with E-state index in [-0.39, 0.29) is 12.3 Å². The van der Waals surface area contributed by atoms with Crippen LogP contribution in [0.5, 0.6) is 46.0 Å². The third-order valence-corrected chi connectivity index (χ3v) is 8.17. The average Bonchev–Trinajstić information content (AvgIpc) is 3.12. The van der Waals surface area contributed by atoms with Gasteiger partial charge in [0.1, 0.15) is 0 Å². The molecule has 4 rings (SSSR count). The highest BCUT2D eigenvalue weighted by Crippen LogP contribution is 2.37. The van der Waals surface area contributed by atoms with Gasteiger partial charge < -0.3 is 43.2 Å². The van der Waals surface area contributed by atoms with Gasteiger partial charge in [-0.05, 0) is 101 Å². The summed E-state index contributed by atoms with van der Waals surface area (Å²) >= 11 is 0. The van der Waals surface area contributed by atoms with Crippen LogP contribution in [0.3, 0.4) is 0 Å². The number of amides is 1. The Balaban J connectivity index is 1.63. The summed E-state index contributed by atoms with van der Waals surface area (Å²) in [5, 5.41) is 3.06. The molecule has 4 aromatic rings. The number of methoxy groups -OCH3 is 8. The third-order valence-electron chi connectivity index (χ3n) is 8.17. The van der Waals surface area contributed by atoms with E-state index in [0.29, 0.717) is 71.8 Å². The highest BCUT2D eigenvalue weighted by molar-refractivity contribution is 5.79. The summed E-state index contributed by atoms with van der Waals surface area (Å²) in [6, 6.07) is 19.4. The van der Waals surface area contributed by atoms with Crippen LogP contribution in [0.15, 0.2) is 60.7 Å². The Kier molecular flexibility index (Phi) is 12.7. The topological polar surface area (TPSA) is 103 Å². The molecule has 48 heavy (non-hydrogen) atoms. The Labute approximate surface area is 282 Å². The van der Waals surface area contributed by atoms with Gasteiger partial charge in [0.25, 0.3) is 0 Å². The van der Waals surface area contributed by atoms with Gasteiger partial charge in [0, 0.05) is 6.54 Å². The Bertz CT molecular complexity index is 1700.